The van der Waals surface area contributed by atoms with Crippen molar-refractivity contribution in [2.75, 3.05) is 62.1 Å². The Labute approximate surface area is 124 Å². The van der Waals surface area contributed by atoms with Crippen molar-refractivity contribution in [3.05, 3.63) is 12.4 Å². The quantitative estimate of drug-likeness (QED) is 0.791. The molecule has 1 amide bonds. The first-order valence-electron chi connectivity index (χ1n) is 6.63. The third-order valence-corrected chi connectivity index (χ3v) is 4.03. The van der Waals surface area contributed by atoms with Crippen molar-refractivity contribution in [1.82, 2.24) is 14.9 Å². The van der Waals surface area contributed by atoms with Gasteiger partial charge in [-0.25, -0.2) is 9.97 Å². The number of thioether (sulfide) groups is 1. The molecule has 0 spiro atoms. The lowest BCUT2D eigenvalue weighted by molar-refractivity contribution is -0.129. The molecule has 0 N–H and O–H groups in total. The Morgan fingerprint density at radius 2 is 2.20 bits per heavy atom. The van der Waals surface area contributed by atoms with Gasteiger partial charge in [0.2, 0.25) is 5.91 Å². The second kappa shape index (κ2) is 6.78. The van der Waals surface area contributed by atoms with Gasteiger partial charge in [-0.05, 0) is 6.26 Å². The lowest BCUT2D eigenvalue weighted by Crippen LogP contribution is -2.48. The highest BCUT2D eigenvalue weighted by Gasteiger charge is 2.22. The summed E-state index contributed by atoms with van der Waals surface area (Å²) < 4.78 is 0. The maximum absolute atomic E-state index is 11.8. The smallest absolute Gasteiger partial charge is 0.241 e. The number of nitrogens with zero attached hydrogens (tertiary/aromatic N) is 5. The minimum absolute atomic E-state index is 0.132. The largest absolute Gasteiger partial charge is 0.359 e. The van der Waals surface area contributed by atoms with E-state index in [1.165, 1.54) is 0 Å². The Morgan fingerprint density at radius 1 is 1.40 bits per heavy atom. The van der Waals surface area contributed by atoms with Gasteiger partial charge < -0.3 is 14.7 Å². The van der Waals surface area contributed by atoms with Gasteiger partial charge in [-0.1, -0.05) is 0 Å². The van der Waals surface area contributed by atoms with Crippen LogP contribution in [0.4, 0.5) is 11.6 Å². The molecule has 7 heteroatoms. The number of carbonyl (C=O) groups is 1. The molecule has 6 nitrogen and oxygen atoms in total. The summed E-state index contributed by atoms with van der Waals surface area (Å²) in [6.07, 6.45) is 3.66. The molecular formula is C13H21N5OS. The summed E-state index contributed by atoms with van der Waals surface area (Å²) in [7, 11) is 3.86. The molecule has 1 aromatic heterocycles. The van der Waals surface area contributed by atoms with Crippen LogP contribution in [0.5, 0.6) is 0 Å². The van der Waals surface area contributed by atoms with Crippen molar-refractivity contribution in [1.29, 1.82) is 0 Å². The fourth-order valence-corrected chi connectivity index (χ4v) is 2.47. The maximum atomic E-state index is 11.8. The highest BCUT2D eigenvalue weighted by atomic mass is 32.2. The molecule has 0 bridgehead atoms. The van der Waals surface area contributed by atoms with Gasteiger partial charge in [-0.3, -0.25) is 4.79 Å². The van der Waals surface area contributed by atoms with E-state index in [4.69, 9.17) is 0 Å². The summed E-state index contributed by atoms with van der Waals surface area (Å²) in [5, 5.41) is 0. The summed E-state index contributed by atoms with van der Waals surface area (Å²) in [4.78, 5) is 26.2. The van der Waals surface area contributed by atoms with Crippen LogP contribution in [0.3, 0.4) is 0 Å². The molecular weight excluding hydrogens is 274 g/mol. The molecule has 0 aromatic carbocycles. The monoisotopic (exact) mass is 295 g/mol. The van der Waals surface area contributed by atoms with E-state index in [1.807, 2.05) is 36.8 Å². The van der Waals surface area contributed by atoms with E-state index < -0.39 is 0 Å². The third kappa shape index (κ3) is 3.53. The third-order valence-electron chi connectivity index (χ3n) is 3.44. The van der Waals surface area contributed by atoms with E-state index in [1.54, 1.807) is 11.2 Å². The van der Waals surface area contributed by atoms with E-state index in [0.29, 0.717) is 6.54 Å². The second-order valence-electron chi connectivity index (χ2n) is 4.89. The van der Waals surface area contributed by atoms with Gasteiger partial charge >= 0.3 is 0 Å². The fraction of sp³-hybridized carbons (Fsp3) is 0.615. The van der Waals surface area contributed by atoms with Crippen molar-refractivity contribution in [2.24, 2.45) is 0 Å². The first-order valence-corrected chi connectivity index (χ1v) is 8.02. The molecule has 20 heavy (non-hydrogen) atoms. The summed E-state index contributed by atoms with van der Waals surface area (Å²) >= 11 is 1.81. The normalized spacial score (nSPS) is 15.7. The molecule has 0 aliphatic carbocycles. The van der Waals surface area contributed by atoms with Gasteiger partial charge in [0.1, 0.15) is 18.0 Å². The molecule has 0 radical (unpaired) electrons. The van der Waals surface area contributed by atoms with Crippen LogP contribution < -0.4 is 9.80 Å². The highest BCUT2D eigenvalue weighted by molar-refractivity contribution is 7.98. The molecule has 1 aliphatic heterocycles. The molecule has 1 fully saturated rings. The first kappa shape index (κ1) is 14.9. The van der Waals surface area contributed by atoms with Crippen LogP contribution in [0.25, 0.3) is 0 Å². The van der Waals surface area contributed by atoms with Crippen molar-refractivity contribution >= 4 is 29.3 Å². The number of carbonyl (C=O) groups excluding carboxylic acids is 1. The van der Waals surface area contributed by atoms with Crippen molar-refractivity contribution in [3.8, 4) is 0 Å². The lowest BCUT2D eigenvalue weighted by Gasteiger charge is -2.33. The van der Waals surface area contributed by atoms with Crippen LogP contribution in [0.2, 0.25) is 0 Å². The number of aromatic nitrogens is 2. The zero-order valence-corrected chi connectivity index (χ0v) is 13.1. The molecule has 1 saturated heterocycles. The van der Waals surface area contributed by atoms with Crippen LogP contribution in [-0.2, 0) is 4.79 Å². The number of likely N-dealkylation sites (N-methyl/N-ethyl adjacent to an activating group) is 1. The van der Waals surface area contributed by atoms with Crippen LogP contribution in [0.1, 0.15) is 0 Å². The SMILES string of the molecule is CSCCN(C)c1cc(N2CCN(C)C(=O)C2)ncn1. The number of hydrogen-bond donors (Lipinski definition) is 0. The van der Waals surface area contributed by atoms with Crippen molar-refractivity contribution in [3.63, 3.8) is 0 Å². The molecule has 110 valence electrons. The van der Waals surface area contributed by atoms with Gasteiger partial charge in [0.05, 0.1) is 6.54 Å². The van der Waals surface area contributed by atoms with Gasteiger partial charge in [0.15, 0.2) is 0 Å². The Bertz CT molecular complexity index is 470. The Morgan fingerprint density at radius 3 is 2.90 bits per heavy atom. The summed E-state index contributed by atoms with van der Waals surface area (Å²) in [6, 6.07) is 1.96. The predicted molar refractivity (Wildman–Crippen MR) is 83.5 cm³/mol. The fourth-order valence-electron chi connectivity index (χ4n) is 2.02. The van der Waals surface area contributed by atoms with Crippen LogP contribution in [0.15, 0.2) is 12.4 Å². The minimum atomic E-state index is 0.132. The number of anilines is 2. The summed E-state index contributed by atoms with van der Waals surface area (Å²) in [5.41, 5.74) is 0. The molecule has 0 atom stereocenters. The highest BCUT2D eigenvalue weighted by Crippen LogP contribution is 2.18. The summed E-state index contributed by atoms with van der Waals surface area (Å²) in [6.45, 7) is 2.88. The maximum Gasteiger partial charge on any atom is 0.241 e. The Balaban J connectivity index is 2.07. The number of piperazine rings is 1. The van der Waals surface area contributed by atoms with Gasteiger partial charge in [0.25, 0.3) is 0 Å². The zero-order valence-electron chi connectivity index (χ0n) is 12.2. The molecule has 1 aliphatic rings. The van der Waals surface area contributed by atoms with E-state index in [-0.39, 0.29) is 5.91 Å². The summed E-state index contributed by atoms with van der Waals surface area (Å²) in [5.74, 6) is 2.91. The van der Waals surface area contributed by atoms with Crippen LogP contribution in [0, 0.1) is 0 Å². The molecule has 0 unspecified atom stereocenters. The molecule has 2 rings (SSSR count). The molecule has 0 saturated carbocycles. The second-order valence-corrected chi connectivity index (χ2v) is 5.87. The van der Waals surface area contributed by atoms with Crippen molar-refractivity contribution < 1.29 is 4.79 Å². The average molecular weight is 295 g/mol. The van der Waals surface area contributed by atoms with Gasteiger partial charge in [0, 0.05) is 45.5 Å². The first-order chi connectivity index (χ1) is 9.61. The average Bonchev–Trinajstić information content (AvgIpc) is 2.47. The number of rotatable bonds is 5. The van der Waals surface area contributed by atoms with E-state index in [9.17, 15) is 4.79 Å². The minimum Gasteiger partial charge on any atom is -0.359 e. The van der Waals surface area contributed by atoms with E-state index in [0.717, 1.165) is 37.0 Å². The van der Waals surface area contributed by atoms with Gasteiger partial charge in [-0.2, -0.15) is 11.8 Å². The zero-order chi connectivity index (χ0) is 14.5. The van der Waals surface area contributed by atoms with Crippen molar-refractivity contribution in [2.45, 2.75) is 0 Å². The predicted octanol–water partition coefficient (Wildman–Crippen LogP) is 0.554. The number of amides is 1. The van der Waals surface area contributed by atoms with Crippen LogP contribution >= 0.6 is 11.8 Å². The molecule has 2 heterocycles. The topological polar surface area (TPSA) is 52.6 Å². The van der Waals surface area contributed by atoms with E-state index >= 15 is 0 Å². The van der Waals surface area contributed by atoms with Crippen LogP contribution in [-0.4, -0.2) is 73.1 Å². The number of hydrogen-bond acceptors (Lipinski definition) is 6. The van der Waals surface area contributed by atoms with Gasteiger partial charge in [-0.15, -0.1) is 0 Å². The lowest BCUT2D eigenvalue weighted by atomic mass is 10.3. The molecule has 1 aromatic rings. The Kier molecular flexibility index (Phi) is 5.05. The van der Waals surface area contributed by atoms with E-state index in [2.05, 4.69) is 21.1 Å². The Hall–Kier alpha value is -1.50. The standard InChI is InChI=1S/C13H21N5OS/c1-16(6-7-20-3)11-8-12(15-10-14-11)18-5-4-17(2)13(19)9-18/h8,10H,4-7,9H2,1-3H3.